The summed E-state index contributed by atoms with van der Waals surface area (Å²) in [5.41, 5.74) is 1.05. The third-order valence-electron chi connectivity index (χ3n) is 2.07. The van der Waals surface area contributed by atoms with Gasteiger partial charge in [0.1, 0.15) is 10.9 Å². The van der Waals surface area contributed by atoms with E-state index in [1.165, 1.54) is 0 Å². The van der Waals surface area contributed by atoms with E-state index in [1.807, 2.05) is 0 Å². The van der Waals surface area contributed by atoms with Crippen LogP contribution in [0.1, 0.15) is 27.2 Å². The van der Waals surface area contributed by atoms with Crippen molar-refractivity contribution in [2.45, 2.75) is 27.2 Å². The Morgan fingerprint density at radius 3 is 2.38 bits per heavy atom. The van der Waals surface area contributed by atoms with Crippen LogP contribution < -0.4 is 0 Å². The standard InChI is InChI=1S/C10H16ClNO/c1-10(2,3)8-7(13-4)5-6-12-9(8)11/h5-6H2,1-4H3. The van der Waals surface area contributed by atoms with E-state index in [9.17, 15) is 0 Å². The Hall–Kier alpha value is -0.500. The van der Waals surface area contributed by atoms with Gasteiger partial charge in [-0.15, -0.1) is 0 Å². The second-order valence-corrected chi connectivity index (χ2v) is 4.53. The van der Waals surface area contributed by atoms with Gasteiger partial charge in [0, 0.05) is 18.5 Å². The molecule has 13 heavy (non-hydrogen) atoms. The van der Waals surface area contributed by atoms with Gasteiger partial charge in [0.25, 0.3) is 0 Å². The highest BCUT2D eigenvalue weighted by molar-refractivity contribution is 6.69. The number of methoxy groups -OCH3 is 1. The van der Waals surface area contributed by atoms with E-state index in [4.69, 9.17) is 16.3 Å². The lowest BCUT2D eigenvalue weighted by molar-refractivity contribution is 0.264. The fourth-order valence-electron chi connectivity index (χ4n) is 1.51. The molecule has 0 aliphatic carbocycles. The molecule has 0 radical (unpaired) electrons. The number of hydrogen-bond acceptors (Lipinski definition) is 2. The van der Waals surface area contributed by atoms with E-state index in [0.717, 1.165) is 24.3 Å². The molecule has 0 saturated heterocycles. The summed E-state index contributed by atoms with van der Waals surface area (Å²) in [5.74, 6) is 0.979. The lowest BCUT2D eigenvalue weighted by Crippen LogP contribution is -2.21. The minimum absolute atomic E-state index is 0.00630. The Balaban J connectivity index is 3.11. The van der Waals surface area contributed by atoms with Crippen LogP contribution in [0.5, 0.6) is 0 Å². The number of dihydropyridines is 1. The highest BCUT2D eigenvalue weighted by atomic mass is 35.5. The van der Waals surface area contributed by atoms with Crippen molar-refractivity contribution in [3.8, 4) is 0 Å². The number of rotatable bonds is 1. The Morgan fingerprint density at radius 2 is 2.00 bits per heavy atom. The van der Waals surface area contributed by atoms with Crippen LogP contribution in [-0.4, -0.2) is 18.8 Å². The van der Waals surface area contributed by atoms with Crippen LogP contribution in [0, 0.1) is 5.41 Å². The van der Waals surface area contributed by atoms with E-state index in [2.05, 4.69) is 25.8 Å². The summed E-state index contributed by atoms with van der Waals surface area (Å²) in [7, 11) is 1.69. The van der Waals surface area contributed by atoms with Gasteiger partial charge in [0.15, 0.2) is 0 Å². The van der Waals surface area contributed by atoms with Gasteiger partial charge >= 0.3 is 0 Å². The molecule has 0 aromatic rings. The predicted molar refractivity (Wildman–Crippen MR) is 56.3 cm³/mol. The van der Waals surface area contributed by atoms with E-state index in [-0.39, 0.29) is 5.41 Å². The lowest BCUT2D eigenvalue weighted by Gasteiger charge is -2.27. The van der Waals surface area contributed by atoms with Crippen LogP contribution in [0.3, 0.4) is 0 Å². The minimum Gasteiger partial charge on any atom is -0.501 e. The fourth-order valence-corrected chi connectivity index (χ4v) is 1.98. The molecule has 0 aromatic carbocycles. The van der Waals surface area contributed by atoms with Crippen molar-refractivity contribution in [3.63, 3.8) is 0 Å². The summed E-state index contributed by atoms with van der Waals surface area (Å²) < 4.78 is 5.32. The van der Waals surface area contributed by atoms with Crippen LogP contribution >= 0.6 is 11.6 Å². The first-order valence-corrected chi connectivity index (χ1v) is 4.82. The van der Waals surface area contributed by atoms with Crippen molar-refractivity contribution < 1.29 is 4.74 Å². The molecule has 0 unspecified atom stereocenters. The molecular weight excluding hydrogens is 186 g/mol. The molecule has 1 aliphatic rings. The Morgan fingerprint density at radius 1 is 1.38 bits per heavy atom. The molecule has 1 heterocycles. The Labute approximate surface area is 84.6 Å². The molecule has 0 spiro atoms. The van der Waals surface area contributed by atoms with Gasteiger partial charge < -0.3 is 4.74 Å². The highest BCUT2D eigenvalue weighted by Crippen LogP contribution is 2.34. The van der Waals surface area contributed by atoms with Crippen LogP contribution in [0.4, 0.5) is 0 Å². The summed E-state index contributed by atoms with van der Waals surface area (Å²) in [6, 6.07) is 0. The predicted octanol–water partition coefficient (Wildman–Crippen LogP) is 2.97. The SMILES string of the molecule is COC1=C(C(C)(C)C)C(Cl)=NCC1. The van der Waals surface area contributed by atoms with Crippen LogP contribution in [0.2, 0.25) is 0 Å². The first-order chi connectivity index (χ1) is 5.96. The van der Waals surface area contributed by atoms with Gasteiger partial charge in [-0.2, -0.15) is 0 Å². The summed E-state index contributed by atoms with van der Waals surface area (Å²) >= 11 is 6.05. The lowest BCUT2D eigenvalue weighted by atomic mass is 9.84. The van der Waals surface area contributed by atoms with Crippen molar-refractivity contribution in [1.82, 2.24) is 0 Å². The topological polar surface area (TPSA) is 21.6 Å². The van der Waals surface area contributed by atoms with Gasteiger partial charge in [0.2, 0.25) is 0 Å². The number of aliphatic imine (C=N–C) groups is 1. The van der Waals surface area contributed by atoms with Crippen molar-refractivity contribution in [3.05, 3.63) is 11.3 Å². The van der Waals surface area contributed by atoms with E-state index >= 15 is 0 Å². The quantitative estimate of drug-likeness (QED) is 0.639. The summed E-state index contributed by atoms with van der Waals surface area (Å²) in [6.45, 7) is 7.08. The van der Waals surface area contributed by atoms with Gasteiger partial charge in [-0.25, -0.2) is 0 Å². The smallest absolute Gasteiger partial charge is 0.130 e. The fraction of sp³-hybridized carbons (Fsp3) is 0.700. The van der Waals surface area contributed by atoms with Crippen LogP contribution in [0.15, 0.2) is 16.3 Å². The second kappa shape index (κ2) is 3.70. The Bertz CT molecular complexity index is 261. The maximum atomic E-state index is 6.05. The third-order valence-corrected chi connectivity index (χ3v) is 2.38. The van der Waals surface area contributed by atoms with E-state index in [0.29, 0.717) is 5.17 Å². The molecule has 1 rings (SSSR count). The first-order valence-electron chi connectivity index (χ1n) is 4.44. The average Bonchev–Trinajstić information content (AvgIpc) is 2.01. The minimum atomic E-state index is 0.00630. The van der Waals surface area contributed by atoms with Gasteiger partial charge in [-0.3, -0.25) is 4.99 Å². The van der Waals surface area contributed by atoms with E-state index < -0.39 is 0 Å². The zero-order valence-corrected chi connectivity index (χ0v) is 9.40. The molecule has 1 aliphatic heterocycles. The molecule has 74 valence electrons. The normalized spacial score (nSPS) is 18.7. The molecule has 2 nitrogen and oxygen atoms in total. The van der Waals surface area contributed by atoms with Crippen molar-refractivity contribution in [2.24, 2.45) is 10.4 Å². The number of hydrogen-bond donors (Lipinski definition) is 0. The highest BCUT2D eigenvalue weighted by Gasteiger charge is 2.27. The van der Waals surface area contributed by atoms with Crippen molar-refractivity contribution >= 4 is 16.8 Å². The molecule has 0 bridgehead atoms. The van der Waals surface area contributed by atoms with Crippen LogP contribution in [-0.2, 0) is 4.74 Å². The molecular formula is C10H16ClNO. The largest absolute Gasteiger partial charge is 0.501 e. The number of allylic oxidation sites excluding steroid dienone is 1. The summed E-state index contributed by atoms with van der Waals surface area (Å²) in [4.78, 5) is 4.22. The van der Waals surface area contributed by atoms with Crippen molar-refractivity contribution in [2.75, 3.05) is 13.7 Å². The van der Waals surface area contributed by atoms with Crippen LogP contribution in [0.25, 0.3) is 0 Å². The monoisotopic (exact) mass is 201 g/mol. The molecule has 0 aromatic heterocycles. The third kappa shape index (κ3) is 2.25. The summed E-state index contributed by atoms with van der Waals surface area (Å²) in [5, 5.41) is 0.607. The maximum Gasteiger partial charge on any atom is 0.130 e. The molecule has 0 atom stereocenters. The van der Waals surface area contributed by atoms with Gasteiger partial charge in [-0.1, -0.05) is 32.4 Å². The number of ether oxygens (including phenoxy) is 1. The number of halogens is 1. The first kappa shape index (κ1) is 10.6. The average molecular weight is 202 g/mol. The number of nitrogens with zero attached hydrogens (tertiary/aromatic N) is 1. The molecule has 0 N–H and O–H groups in total. The molecule has 0 saturated carbocycles. The Kier molecular flexibility index (Phi) is 3.01. The summed E-state index contributed by atoms with van der Waals surface area (Å²) in [6.07, 6.45) is 0.860. The second-order valence-electron chi connectivity index (χ2n) is 4.17. The molecule has 3 heteroatoms. The van der Waals surface area contributed by atoms with E-state index in [1.54, 1.807) is 7.11 Å². The van der Waals surface area contributed by atoms with Gasteiger partial charge in [-0.05, 0) is 5.41 Å². The zero-order chi connectivity index (χ0) is 10.1. The van der Waals surface area contributed by atoms with Gasteiger partial charge in [0.05, 0.1) is 7.11 Å². The van der Waals surface area contributed by atoms with Crippen molar-refractivity contribution in [1.29, 1.82) is 0 Å². The molecule has 0 fully saturated rings. The zero-order valence-electron chi connectivity index (χ0n) is 8.65. The maximum absolute atomic E-state index is 6.05. The molecule has 0 amide bonds.